The van der Waals surface area contributed by atoms with Gasteiger partial charge in [0.2, 0.25) is 0 Å². The van der Waals surface area contributed by atoms with Gasteiger partial charge in [-0.05, 0) is 12.6 Å². The Morgan fingerprint density at radius 3 is 3.00 bits per heavy atom. The number of aromatic amines is 1. The largest absolute Gasteiger partial charge is 0.464 e. The minimum absolute atomic E-state index is 0.519. The summed E-state index contributed by atoms with van der Waals surface area (Å²) in [6, 6.07) is 7.80. The molecule has 0 atom stereocenters. The van der Waals surface area contributed by atoms with Gasteiger partial charge in [0.05, 0.1) is 0 Å². The van der Waals surface area contributed by atoms with Crippen LogP contribution in [0.3, 0.4) is 0 Å². The second-order valence-electron chi connectivity index (χ2n) is 4.03. The summed E-state index contributed by atoms with van der Waals surface area (Å²) in [7, 11) is 0. The van der Waals surface area contributed by atoms with Gasteiger partial charge in [-0.2, -0.15) is 0 Å². The molecule has 0 aliphatic heterocycles. The maximum Gasteiger partial charge on any atom is 0.134 e. The SMILES string of the molecule is NCCc1nc(-c2coc3ccccc23)c(Cl)[nH]1. The first-order valence-corrected chi connectivity index (χ1v) is 6.08. The molecule has 18 heavy (non-hydrogen) atoms. The lowest BCUT2D eigenvalue weighted by molar-refractivity contribution is 0.617. The van der Waals surface area contributed by atoms with Crippen molar-refractivity contribution >= 4 is 22.6 Å². The van der Waals surface area contributed by atoms with Crippen molar-refractivity contribution in [1.29, 1.82) is 0 Å². The summed E-state index contributed by atoms with van der Waals surface area (Å²) in [4.78, 5) is 7.50. The summed E-state index contributed by atoms with van der Waals surface area (Å²) in [6.07, 6.45) is 2.36. The van der Waals surface area contributed by atoms with Gasteiger partial charge in [-0.25, -0.2) is 4.98 Å². The molecule has 3 aromatic rings. The van der Waals surface area contributed by atoms with Crippen molar-refractivity contribution in [2.45, 2.75) is 6.42 Å². The highest BCUT2D eigenvalue weighted by atomic mass is 35.5. The van der Waals surface area contributed by atoms with Crippen molar-refractivity contribution in [3.05, 3.63) is 41.5 Å². The summed E-state index contributed by atoms with van der Waals surface area (Å²) < 4.78 is 5.49. The van der Waals surface area contributed by atoms with Gasteiger partial charge in [0, 0.05) is 17.4 Å². The lowest BCUT2D eigenvalue weighted by atomic mass is 10.1. The van der Waals surface area contributed by atoms with Gasteiger partial charge in [0.25, 0.3) is 0 Å². The molecule has 0 saturated carbocycles. The van der Waals surface area contributed by atoms with Crippen LogP contribution in [0, 0.1) is 0 Å². The van der Waals surface area contributed by atoms with Crippen LogP contribution >= 0.6 is 11.6 Å². The van der Waals surface area contributed by atoms with Crippen LogP contribution in [0.25, 0.3) is 22.2 Å². The molecule has 0 aliphatic carbocycles. The van der Waals surface area contributed by atoms with Crippen LogP contribution in [0.5, 0.6) is 0 Å². The summed E-state index contributed by atoms with van der Waals surface area (Å²) in [5.74, 6) is 0.794. The molecule has 0 saturated heterocycles. The molecule has 0 bridgehead atoms. The number of nitrogens with zero attached hydrogens (tertiary/aromatic N) is 1. The van der Waals surface area contributed by atoms with E-state index in [9.17, 15) is 0 Å². The van der Waals surface area contributed by atoms with Crippen LogP contribution in [0.15, 0.2) is 34.9 Å². The number of hydrogen-bond acceptors (Lipinski definition) is 3. The number of aromatic nitrogens is 2. The number of furan rings is 1. The number of nitrogens with one attached hydrogen (secondary N) is 1. The average Bonchev–Trinajstić information content (AvgIpc) is 2.93. The lowest BCUT2D eigenvalue weighted by Crippen LogP contribution is -2.03. The molecule has 0 aliphatic rings. The lowest BCUT2D eigenvalue weighted by Gasteiger charge is -1.93. The zero-order valence-corrected chi connectivity index (χ0v) is 10.4. The number of hydrogen-bond donors (Lipinski definition) is 2. The molecule has 0 unspecified atom stereocenters. The van der Waals surface area contributed by atoms with Crippen molar-refractivity contribution in [2.75, 3.05) is 6.54 Å². The van der Waals surface area contributed by atoms with E-state index in [1.54, 1.807) is 6.26 Å². The smallest absolute Gasteiger partial charge is 0.134 e. The first-order chi connectivity index (χ1) is 8.79. The third-order valence-corrected chi connectivity index (χ3v) is 3.10. The first kappa shape index (κ1) is 11.3. The average molecular weight is 262 g/mol. The zero-order valence-electron chi connectivity index (χ0n) is 9.61. The Hall–Kier alpha value is -1.78. The Labute approximate surface area is 109 Å². The standard InChI is InChI=1S/C13H12ClN3O/c14-13-12(16-11(17-13)5-6-15)9-7-18-10-4-2-1-3-8(9)10/h1-4,7H,5-6,15H2,(H,16,17). The molecular formula is C13H12ClN3O. The van der Waals surface area contributed by atoms with Crippen molar-refractivity contribution in [3.63, 3.8) is 0 Å². The highest BCUT2D eigenvalue weighted by Crippen LogP contribution is 2.33. The normalized spacial score (nSPS) is 11.2. The van der Waals surface area contributed by atoms with Crippen molar-refractivity contribution in [3.8, 4) is 11.3 Å². The second kappa shape index (κ2) is 4.48. The number of benzene rings is 1. The van der Waals surface area contributed by atoms with Gasteiger partial charge in [-0.15, -0.1) is 0 Å². The van der Waals surface area contributed by atoms with Gasteiger partial charge in [0.1, 0.15) is 28.5 Å². The molecule has 2 aromatic heterocycles. The summed E-state index contributed by atoms with van der Waals surface area (Å²) in [6.45, 7) is 0.537. The maximum atomic E-state index is 6.17. The predicted octanol–water partition coefficient (Wildman–Crippen LogP) is 2.98. The number of rotatable bonds is 3. The summed E-state index contributed by atoms with van der Waals surface area (Å²) >= 11 is 6.17. The van der Waals surface area contributed by atoms with E-state index in [0.717, 1.165) is 22.4 Å². The first-order valence-electron chi connectivity index (χ1n) is 5.70. The zero-order chi connectivity index (χ0) is 12.5. The molecule has 3 N–H and O–H groups in total. The van der Waals surface area contributed by atoms with Crippen molar-refractivity contribution in [2.24, 2.45) is 5.73 Å². The van der Waals surface area contributed by atoms with Crippen LogP contribution in [0.1, 0.15) is 5.82 Å². The molecule has 3 rings (SSSR count). The topological polar surface area (TPSA) is 67.8 Å². The molecule has 2 heterocycles. The van der Waals surface area contributed by atoms with Crippen LogP contribution in [-0.2, 0) is 6.42 Å². The fourth-order valence-electron chi connectivity index (χ4n) is 1.99. The Morgan fingerprint density at radius 2 is 2.17 bits per heavy atom. The second-order valence-corrected chi connectivity index (χ2v) is 4.41. The van der Waals surface area contributed by atoms with Crippen LogP contribution in [-0.4, -0.2) is 16.5 Å². The molecular weight excluding hydrogens is 250 g/mol. The molecule has 1 aromatic carbocycles. The number of nitrogens with two attached hydrogens (primary N) is 1. The van der Waals surface area contributed by atoms with E-state index >= 15 is 0 Å². The fraction of sp³-hybridized carbons (Fsp3) is 0.154. The summed E-state index contributed by atoms with van der Waals surface area (Å²) in [5.41, 5.74) is 7.94. The molecule has 0 radical (unpaired) electrons. The number of halogens is 1. The quantitative estimate of drug-likeness (QED) is 0.762. The van der Waals surface area contributed by atoms with Gasteiger partial charge in [0.15, 0.2) is 0 Å². The van der Waals surface area contributed by atoms with E-state index in [-0.39, 0.29) is 0 Å². The number of H-pyrrole nitrogens is 1. The third-order valence-electron chi connectivity index (χ3n) is 2.83. The van der Waals surface area contributed by atoms with E-state index in [2.05, 4.69) is 9.97 Å². The van der Waals surface area contributed by atoms with Crippen LogP contribution in [0.2, 0.25) is 5.15 Å². The van der Waals surface area contributed by atoms with Crippen LogP contribution in [0.4, 0.5) is 0 Å². The minimum Gasteiger partial charge on any atom is -0.464 e. The Morgan fingerprint density at radius 1 is 1.33 bits per heavy atom. The van der Waals surface area contributed by atoms with E-state index in [4.69, 9.17) is 21.8 Å². The predicted molar refractivity (Wildman–Crippen MR) is 71.6 cm³/mol. The van der Waals surface area contributed by atoms with Gasteiger partial charge in [-0.3, -0.25) is 0 Å². The van der Waals surface area contributed by atoms with Gasteiger partial charge < -0.3 is 15.1 Å². The highest BCUT2D eigenvalue weighted by molar-refractivity contribution is 6.32. The molecule has 0 spiro atoms. The van der Waals surface area contributed by atoms with Gasteiger partial charge >= 0.3 is 0 Å². The molecule has 4 nitrogen and oxygen atoms in total. The van der Waals surface area contributed by atoms with Crippen molar-refractivity contribution in [1.82, 2.24) is 9.97 Å². The van der Waals surface area contributed by atoms with E-state index in [0.29, 0.717) is 23.8 Å². The van der Waals surface area contributed by atoms with Crippen LogP contribution < -0.4 is 5.73 Å². The molecule has 0 amide bonds. The maximum absolute atomic E-state index is 6.17. The Kier molecular flexibility index (Phi) is 2.81. The van der Waals surface area contributed by atoms with Crippen molar-refractivity contribution < 1.29 is 4.42 Å². The number of para-hydroxylation sites is 1. The monoisotopic (exact) mass is 261 g/mol. The van der Waals surface area contributed by atoms with Gasteiger partial charge in [-0.1, -0.05) is 29.8 Å². The van der Waals surface area contributed by atoms with E-state index < -0.39 is 0 Å². The number of fused-ring (bicyclic) bond motifs is 1. The molecule has 0 fully saturated rings. The summed E-state index contributed by atoms with van der Waals surface area (Å²) in [5, 5.41) is 1.52. The number of imidazole rings is 1. The molecule has 5 heteroatoms. The Balaban J connectivity index is 2.14. The van der Waals surface area contributed by atoms with E-state index in [1.807, 2.05) is 24.3 Å². The van der Waals surface area contributed by atoms with E-state index in [1.165, 1.54) is 0 Å². The Bertz CT molecular complexity index is 686. The minimum atomic E-state index is 0.519. The third kappa shape index (κ3) is 1.79. The highest BCUT2D eigenvalue weighted by Gasteiger charge is 2.15. The fourth-order valence-corrected chi connectivity index (χ4v) is 2.25. The molecule has 92 valence electrons.